The van der Waals surface area contributed by atoms with Crippen molar-refractivity contribution in [1.82, 2.24) is 0 Å². The van der Waals surface area contributed by atoms with Gasteiger partial charge in [-0.1, -0.05) is 18.2 Å². The van der Waals surface area contributed by atoms with Crippen molar-refractivity contribution in [2.24, 2.45) is 0 Å². The highest BCUT2D eigenvalue weighted by Crippen LogP contribution is 2.32. The van der Waals surface area contributed by atoms with E-state index in [-0.39, 0.29) is 18.3 Å². The SMILES string of the molecule is O=C(C=Cc1cccc([NH+]([O-])O)c1)c1ccc2c(c1)OCO2. The lowest BCUT2D eigenvalue weighted by Crippen LogP contribution is -2.99. The molecular weight excluding hydrogens is 286 g/mol. The number of nitrogens with one attached hydrogen (secondary N) is 1. The van der Waals surface area contributed by atoms with Crippen LogP contribution < -0.4 is 14.7 Å². The Kier molecular flexibility index (Phi) is 3.88. The van der Waals surface area contributed by atoms with Crippen LogP contribution in [0, 0.1) is 5.21 Å². The van der Waals surface area contributed by atoms with Crippen LogP contribution >= 0.6 is 0 Å². The number of allylic oxidation sites excluding steroid dienone is 1. The molecule has 6 nitrogen and oxygen atoms in total. The number of carbonyl (C=O) groups excluding carboxylic acids is 1. The van der Waals surface area contributed by atoms with E-state index in [0.717, 1.165) is 0 Å². The van der Waals surface area contributed by atoms with Crippen LogP contribution in [-0.2, 0) is 0 Å². The van der Waals surface area contributed by atoms with Gasteiger partial charge in [-0.3, -0.25) is 4.79 Å². The molecule has 3 rings (SSSR count). The van der Waals surface area contributed by atoms with Crippen molar-refractivity contribution in [3.8, 4) is 11.5 Å². The Balaban J connectivity index is 1.77. The monoisotopic (exact) mass is 299 g/mol. The van der Waals surface area contributed by atoms with E-state index in [1.807, 2.05) is 0 Å². The predicted molar refractivity (Wildman–Crippen MR) is 78.1 cm³/mol. The summed E-state index contributed by atoms with van der Waals surface area (Å²) >= 11 is 0. The van der Waals surface area contributed by atoms with Crippen molar-refractivity contribution < 1.29 is 24.7 Å². The van der Waals surface area contributed by atoms with Crippen molar-refractivity contribution in [3.63, 3.8) is 0 Å². The van der Waals surface area contributed by atoms with Crippen molar-refractivity contribution in [3.05, 3.63) is 64.9 Å². The number of ketones is 1. The van der Waals surface area contributed by atoms with Crippen LogP contribution in [0.5, 0.6) is 11.5 Å². The van der Waals surface area contributed by atoms with E-state index in [4.69, 9.17) is 14.7 Å². The summed E-state index contributed by atoms with van der Waals surface area (Å²) in [5.74, 6) is 0.973. The molecule has 6 heteroatoms. The lowest BCUT2D eigenvalue weighted by Gasteiger charge is -2.11. The molecule has 1 aliphatic rings. The Morgan fingerprint density at radius 1 is 1.18 bits per heavy atom. The van der Waals surface area contributed by atoms with E-state index in [2.05, 4.69) is 0 Å². The number of hydrogen-bond donors (Lipinski definition) is 2. The Morgan fingerprint density at radius 3 is 2.82 bits per heavy atom. The van der Waals surface area contributed by atoms with Crippen LogP contribution in [0.1, 0.15) is 15.9 Å². The average molecular weight is 299 g/mol. The third-order valence-corrected chi connectivity index (χ3v) is 3.22. The average Bonchev–Trinajstić information content (AvgIpc) is 3.00. The van der Waals surface area contributed by atoms with Gasteiger partial charge in [0.15, 0.2) is 23.0 Å². The number of benzene rings is 2. The zero-order valence-electron chi connectivity index (χ0n) is 11.5. The Hall–Kier alpha value is -2.67. The second kappa shape index (κ2) is 5.98. The quantitative estimate of drug-likeness (QED) is 0.510. The Bertz CT molecular complexity index is 739. The summed E-state index contributed by atoms with van der Waals surface area (Å²) < 4.78 is 10.4. The molecule has 0 saturated carbocycles. The third kappa shape index (κ3) is 2.99. The van der Waals surface area contributed by atoms with E-state index in [0.29, 0.717) is 22.6 Å². The van der Waals surface area contributed by atoms with Gasteiger partial charge in [-0.2, -0.15) is 5.23 Å². The molecule has 0 amide bonds. The second-order valence-corrected chi connectivity index (χ2v) is 4.70. The van der Waals surface area contributed by atoms with Gasteiger partial charge >= 0.3 is 0 Å². The summed E-state index contributed by atoms with van der Waals surface area (Å²) in [7, 11) is 0. The smallest absolute Gasteiger partial charge is 0.231 e. The van der Waals surface area contributed by atoms with Crippen LogP contribution in [0.2, 0.25) is 0 Å². The van der Waals surface area contributed by atoms with E-state index in [1.54, 1.807) is 36.4 Å². The van der Waals surface area contributed by atoms with Gasteiger partial charge in [-0.15, -0.1) is 0 Å². The fraction of sp³-hybridized carbons (Fsp3) is 0.0625. The van der Waals surface area contributed by atoms with Gasteiger partial charge in [0, 0.05) is 17.7 Å². The standard InChI is InChI=1S/C16H13NO5/c18-14(12-5-7-15-16(9-12)22-10-21-15)6-4-11-2-1-3-13(8-11)17(19)20/h1-9,17,19H,10H2. The normalized spacial score (nSPS) is 14.3. The molecule has 0 bridgehead atoms. The topological polar surface area (TPSA) is 83.3 Å². The summed E-state index contributed by atoms with van der Waals surface area (Å²) in [6, 6.07) is 11.3. The van der Waals surface area contributed by atoms with Crippen LogP contribution in [-0.4, -0.2) is 17.8 Å². The number of carbonyl (C=O) groups is 1. The van der Waals surface area contributed by atoms with E-state index >= 15 is 0 Å². The molecule has 0 aliphatic carbocycles. The van der Waals surface area contributed by atoms with E-state index in [9.17, 15) is 10.0 Å². The van der Waals surface area contributed by atoms with Crippen LogP contribution in [0.15, 0.2) is 48.5 Å². The molecule has 0 saturated heterocycles. The first-order valence-corrected chi connectivity index (χ1v) is 6.59. The largest absolute Gasteiger partial charge is 0.595 e. The summed E-state index contributed by atoms with van der Waals surface area (Å²) in [6.07, 6.45) is 2.98. The molecule has 0 radical (unpaired) electrons. The van der Waals surface area contributed by atoms with E-state index in [1.165, 1.54) is 18.2 Å². The molecule has 1 atom stereocenters. The Morgan fingerprint density at radius 2 is 2.00 bits per heavy atom. The molecule has 2 aromatic carbocycles. The zero-order chi connectivity index (χ0) is 15.5. The molecule has 0 aromatic heterocycles. The maximum absolute atomic E-state index is 12.1. The first-order chi connectivity index (χ1) is 10.6. The molecule has 112 valence electrons. The lowest BCUT2D eigenvalue weighted by molar-refractivity contribution is -0.991. The minimum atomic E-state index is -1.00. The zero-order valence-corrected chi connectivity index (χ0v) is 11.5. The summed E-state index contributed by atoms with van der Waals surface area (Å²) in [5.41, 5.74) is 1.31. The number of rotatable bonds is 4. The molecule has 1 aliphatic heterocycles. The highest BCUT2D eigenvalue weighted by molar-refractivity contribution is 6.07. The molecule has 0 fully saturated rings. The van der Waals surface area contributed by atoms with Gasteiger partial charge < -0.3 is 14.7 Å². The first-order valence-electron chi connectivity index (χ1n) is 6.59. The van der Waals surface area contributed by atoms with Gasteiger partial charge in [0.05, 0.1) is 0 Å². The molecule has 22 heavy (non-hydrogen) atoms. The Labute approximate surface area is 126 Å². The highest BCUT2D eigenvalue weighted by Gasteiger charge is 2.15. The maximum Gasteiger partial charge on any atom is 0.231 e. The van der Waals surface area contributed by atoms with Crippen molar-refractivity contribution in [2.45, 2.75) is 0 Å². The number of quaternary nitrogens is 1. The van der Waals surface area contributed by atoms with E-state index < -0.39 is 5.23 Å². The molecule has 2 N–H and O–H groups in total. The number of hydrogen-bond acceptors (Lipinski definition) is 5. The lowest BCUT2D eigenvalue weighted by atomic mass is 10.1. The fourth-order valence-corrected chi connectivity index (χ4v) is 2.09. The van der Waals surface area contributed by atoms with Gasteiger partial charge in [-0.05, 0) is 29.8 Å². The van der Waals surface area contributed by atoms with Crippen LogP contribution in [0.3, 0.4) is 0 Å². The molecule has 2 aromatic rings. The minimum Gasteiger partial charge on any atom is -0.595 e. The van der Waals surface area contributed by atoms with Crippen molar-refractivity contribution >= 4 is 17.5 Å². The molecule has 0 spiro atoms. The number of fused-ring (bicyclic) bond motifs is 1. The second-order valence-electron chi connectivity index (χ2n) is 4.70. The maximum atomic E-state index is 12.1. The summed E-state index contributed by atoms with van der Waals surface area (Å²) in [5, 5.41) is 18.8. The number of ether oxygens (including phenoxy) is 2. The summed E-state index contributed by atoms with van der Waals surface area (Å²) in [6.45, 7) is 0.158. The molecule has 1 heterocycles. The van der Waals surface area contributed by atoms with Crippen LogP contribution in [0.25, 0.3) is 6.08 Å². The minimum absolute atomic E-state index is 0.158. The first kappa shape index (κ1) is 14.3. The summed E-state index contributed by atoms with van der Waals surface area (Å²) in [4.78, 5) is 12.1. The van der Waals surface area contributed by atoms with Crippen molar-refractivity contribution in [2.75, 3.05) is 6.79 Å². The van der Waals surface area contributed by atoms with Crippen molar-refractivity contribution in [1.29, 1.82) is 0 Å². The molecular formula is C16H13NO5. The van der Waals surface area contributed by atoms with Gasteiger partial charge in [-0.25, -0.2) is 5.21 Å². The fourth-order valence-electron chi connectivity index (χ4n) is 2.09. The highest BCUT2D eigenvalue weighted by atomic mass is 16.8. The van der Waals surface area contributed by atoms with Gasteiger partial charge in [0.25, 0.3) is 0 Å². The van der Waals surface area contributed by atoms with Gasteiger partial charge in [0.1, 0.15) is 0 Å². The predicted octanol–water partition coefficient (Wildman–Crippen LogP) is 1.71. The van der Waals surface area contributed by atoms with Gasteiger partial charge in [0.2, 0.25) is 6.79 Å². The molecule has 1 unspecified atom stereocenters. The van der Waals surface area contributed by atoms with Crippen LogP contribution in [0.4, 0.5) is 5.69 Å². The third-order valence-electron chi connectivity index (χ3n) is 3.22.